The predicted molar refractivity (Wildman–Crippen MR) is 132 cm³/mol. The van der Waals surface area contributed by atoms with E-state index in [1.807, 2.05) is 16.5 Å². The number of hydrogen-bond acceptors (Lipinski definition) is 5. The molecule has 0 spiro atoms. The number of halogens is 3. The Hall–Kier alpha value is -4.34. The van der Waals surface area contributed by atoms with Crippen molar-refractivity contribution in [3.63, 3.8) is 0 Å². The number of hydrogen-bond donors (Lipinski definition) is 1. The summed E-state index contributed by atoms with van der Waals surface area (Å²) in [5.74, 6) is 1.43. The monoisotopic (exact) mass is 507 g/mol. The highest BCUT2D eigenvalue weighted by Gasteiger charge is 2.33. The molecule has 1 aliphatic rings. The van der Waals surface area contributed by atoms with Crippen molar-refractivity contribution in [3.8, 4) is 17.0 Å². The summed E-state index contributed by atoms with van der Waals surface area (Å²) in [6.07, 6.45) is 1.96. The summed E-state index contributed by atoms with van der Waals surface area (Å²) < 4.78 is 45.9. The lowest BCUT2D eigenvalue weighted by atomic mass is 10.1. The maximum absolute atomic E-state index is 12.8. The molecule has 37 heavy (non-hydrogen) atoms. The van der Waals surface area contributed by atoms with Crippen molar-refractivity contribution < 1.29 is 22.7 Å². The van der Waals surface area contributed by atoms with Crippen LogP contribution >= 0.6 is 0 Å². The van der Waals surface area contributed by atoms with Gasteiger partial charge in [-0.25, -0.2) is 9.97 Å². The molecule has 2 N–H and O–H groups in total. The van der Waals surface area contributed by atoms with Gasteiger partial charge in [0.15, 0.2) is 0 Å². The first-order chi connectivity index (χ1) is 17.8. The molecule has 10 heteroatoms. The first kappa shape index (κ1) is 24.4. The van der Waals surface area contributed by atoms with Gasteiger partial charge in [-0.1, -0.05) is 18.7 Å². The van der Waals surface area contributed by atoms with Crippen LogP contribution in [0.3, 0.4) is 0 Å². The van der Waals surface area contributed by atoms with E-state index in [0.717, 1.165) is 30.5 Å². The third-order valence-electron chi connectivity index (χ3n) is 6.43. The van der Waals surface area contributed by atoms with Crippen LogP contribution in [0.5, 0.6) is 5.75 Å². The summed E-state index contributed by atoms with van der Waals surface area (Å²) >= 11 is 0. The molecule has 7 nitrogen and oxygen atoms in total. The lowest BCUT2D eigenvalue weighted by molar-refractivity contribution is -0.137. The van der Waals surface area contributed by atoms with Gasteiger partial charge in [-0.3, -0.25) is 9.20 Å². The molecule has 0 radical (unpaired) electrons. The van der Waals surface area contributed by atoms with Gasteiger partial charge < -0.3 is 15.4 Å². The van der Waals surface area contributed by atoms with Crippen molar-refractivity contribution in [1.82, 2.24) is 19.3 Å². The number of ether oxygens (including phenoxy) is 1. The zero-order valence-electron chi connectivity index (χ0n) is 19.8. The van der Waals surface area contributed by atoms with Crippen LogP contribution in [0.4, 0.5) is 19.0 Å². The zero-order chi connectivity index (χ0) is 26.2. The first-order valence-electron chi connectivity index (χ1n) is 11.7. The highest BCUT2D eigenvalue weighted by atomic mass is 19.4. The number of alkyl halides is 3. The highest BCUT2D eigenvalue weighted by Crippen LogP contribution is 2.37. The summed E-state index contributed by atoms with van der Waals surface area (Å²) in [5.41, 5.74) is 8.23. The van der Waals surface area contributed by atoms with Crippen LogP contribution in [0, 0.1) is 0 Å². The number of imidazole rings is 1. The Morgan fingerprint density at radius 2 is 1.89 bits per heavy atom. The number of likely N-dealkylation sites (tertiary alicyclic amines) is 1. The quantitative estimate of drug-likeness (QED) is 0.352. The fourth-order valence-corrected chi connectivity index (χ4v) is 4.61. The van der Waals surface area contributed by atoms with E-state index < -0.39 is 11.7 Å². The Balaban J connectivity index is 1.40. The molecule has 0 unspecified atom stereocenters. The molecule has 190 valence electrons. The number of nitrogens with two attached hydrogens (primary N) is 1. The van der Waals surface area contributed by atoms with E-state index in [9.17, 15) is 18.0 Å². The van der Waals surface area contributed by atoms with E-state index in [2.05, 4.69) is 11.6 Å². The van der Waals surface area contributed by atoms with Crippen LogP contribution < -0.4 is 10.5 Å². The Kier molecular flexibility index (Phi) is 6.32. The molecule has 0 bridgehead atoms. The first-order valence-corrected chi connectivity index (χ1v) is 11.7. The second kappa shape index (κ2) is 9.61. The molecule has 5 rings (SSSR count). The Bertz CT molecular complexity index is 1450. The summed E-state index contributed by atoms with van der Waals surface area (Å²) in [4.78, 5) is 23.3. The predicted octanol–water partition coefficient (Wildman–Crippen LogP) is 5.43. The average molecular weight is 508 g/mol. The Morgan fingerprint density at radius 3 is 2.57 bits per heavy atom. The number of nitrogens with zero attached hydrogens (tertiary/aromatic N) is 4. The van der Waals surface area contributed by atoms with Gasteiger partial charge >= 0.3 is 6.18 Å². The third kappa shape index (κ3) is 4.74. The van der Waals surface area contributed by atoms with Crippen molar-refractivity contribution in [2.45, 2.75) is 31.7 Å². The second-order valence-electron chi connectivity index (χ2n) is 8.75. The van der Waals surface area contributed by atoms with E-state index in [4.69, 9.17) is 15.5 Å². The largest absolute Gasteiger partial charge is 0.489 e. The van der Waals surface area contributed by atoms with Crippen molar-refractivity contribution in [3.05, 3.63) is 90.5 Å². The minimum atomic E-state index is -4.37. The summed E-state index contributed by atoms with van der Waals surface area (Å²) in [6.45, 7) is 4.37. The van der Waals surface area contributed by atoms with Crippen molar-refractivity contribution >= 4 is 17.2 Å². The Labute approximate surface area is 211 Å². The molecule has 1 aliphatic heterocycles. The number of aromatic nitrogens is 3. The molecule has 0 saturated carbocycles. The molecule has 2 aromatic carbocycles. The number of carbonyl (C=O) groups is 1. The number of fused-ring (bicyclic) bond motifs is 1. The van der Waals surface area contributed by atoms with Gasteiger partial charge in [0.2, 0.25) is 5.91 Å². The maximum atomic E-state index is 12.8. The number of nitrogen functional groups attached to an aromatic ring is 1. The van der Waals surface area contributed by atoms with Gasteiger partial charge in [0.05, 0.1) is 11.6 Å². The molecule has 3 heterocycles. The summed E-state index contributed by atoms with van der Waals surface area (Å²) in [6, 6.07) is 11.9. The number of benzene rings is 2. The number of carbonyl (C=O) groups excluding carboxylic acids is 1. The van der Waals surface area contributed by atoms with Gasteiger partial charge in [0, 0.05) is 24.5 Å². The van der Waals surface area contributed by atoms with Gasteiger partial charge in [-0.15, -0.1) is 0 Å². The van der Waals surface area contributed by atoms with Gasteiger partial charge in [0.1, 0.15) is 35.2 Å². The molecule has 4 aromatic rings. The van der Waals surface area contributed by atoms with Gasteiger partial charge in [-0.2, -0.15) is 13.2 Å². The summed E-state index contributed by atoms with van der Waals surface area (Å²) in [5, 5.41) is 0. The molecular formula is C27H24F3N5O2. The van der Waals surface area contributed by atoms with Crippen LogP contribution in [-0.4, -0.2) is 31.7 Å². The third-order valence-corrected chi connectivity index (χ3v) is 6.43. The van der Waals surface area contributed by atoms with Crippen molar-refractivity contribution in [2.75, 3.05) is 12.3 Å². The maximum Gasteiger partial charge on any atom is 0.416 e. The topological polar surface area (TPSA) is 85.8 Å². The van der Waals surface area contributed by atoms with Crippen LogP contribution in [-0.2, 0) is 17.6 Å². The molecular weight excluding hydrogens is 483 g/mol. The van der Waals surface area contributed by atoms with Gasteiger partial charge in [-0.05, 0) is 60.9 Å². The molecule has 2 aromatic heterocycles. The number of rotatable bonds is 6. The average Bonchev–Trinajstić information content (AvgIpc) is 3.53. The van der Waals surface area contributed by atoms with E-state index in [-0.39, 0.29) is 18.6 Å². The van der Waals surface area contributed by atoms with E-state index in [1.165, 1.54) is 18.2 Å². The second-order valence-corrected chi connectivity index (χ2v) is 8.75. The summed E-state index contributed by atoms with van der Waals surface area (Å²) in [7, 11) is 0. The smallest absolute Gasteiger partial charge is 0.416 e. The fraction of sp³-hybridized carbons (Fsp3) is 0.222. The van der Waals surface area contributed by atoms with Crippen molar-refractivity contribution in [1.29, 1.82) is 0 Å². The van der Waals surface area contributed by atoms with Crippen LogP contribution in [0.15, 0.2) is 73.6 Å². The van der Waals surface area contributed by atoms with Crippen LogP contribution in [0.2, 0.25) is 0 Å². The molecule has 1 saturated heterocycles. The Morgan fingerprint density at radius 1 is 1.16 bits per heavy atom. The van der Waals surface area contributed by atoms with E-state index in [0.29, 0.717) is 40.7 Å². The lowest BCUT2D eigenvalue weighted by Crippen LogP contribution is -2.29. The highest BCUT2D eigenvalue weighted by molar-refractivity contribution is 5.88. The number of amides is 1. The molecule has 1 amide bonds. The van der Waals surface area contributed by atoms with Crippen LogP contribution in [0.25, 0.3) is 16.8 Å². The minimum Gasteiger partial charge on any atom is -0.489 e. The van der Waals surface area contributed by atoms with E-state index in [1.54, 1.807) is 29.4 Å². The minimum absolute atomic E-state index is 0.126. The van der Waals surface area contributed by atoms with Crippen molar-refractivity contribution in [2.24, 2.45) is 0 Å². The molecule has 1 fully saturated rings. The fourth-order valence-electron chi connectivity index (χ4n) is 4.61. The number of anilines is 1. The van der Waals surface area contributed by atoms with E-state index >= 15 is 0 Å². The normalized spacial score (nSPS) is 15.8. The lowest BCUT2D eigenvalue weighted by Gasteiger charge is -2.22. The van der Waals surface area contributed by atoms with Crippen LogP contribution in [0.1, 0.15) is 35.8 Å². The van der Waals surface area contributed by atoms with Gasteiger partial charge in [0.25, 0.3) is 0 Å². The SMILES string of the molecule is C=CC(=O)N1CCC[C@H]1c1nc(-c2ccc(OCc3ccc(C(F)(F)F)cc3)cc2)c2c(N)nccn12. The molecule has 0 aliphatic carbocycles. The zero-order valence-corrected chi connectivity index (χ0v) is 19.8. The standard InChI is InChI=1S/C27H24F3N5O2/c1-2-22(36)34-14-3-4-21(34)26-33-23(24-25(31)32-13-15-35(24)26)18-7-11-20(12-8-18)37-16-17-5-9-19(10-6-17)27(28,29)30/h2,5-13,15,21H,1,3-4,14,16H2,(H2,31,32)/t21-/m0/s1. The molecule has 1 atom stereocenters.